The summed E-state index contributed by atoms with van der Waals surface area (Å²) < 4.78 is 16.6. The standard InChI is InChI=1S/C19H17ClN4O2.C19H17FN4O2/c2*1-3-24-19(26)18(22-15-7-5-4-6-14(15)20)16(12(2)25)17(23-24)13-8-10-21-11-9-13/h2*4-11,22H,3H2,1-2H3. The van der Waals surface area contributed by atoms with Crippen molar-refractivity contribution in [2.75, 3.05) is 10.6 Å². The quantitative estimate of drug-likeness (QED) is 0.138. The van der Waals surface area contributed by atoms with Crippen molar-refractivity contribution in [1.82, 2.24) is 29.5 Å². The fourth-order valence-corrected chi connectivity index (χ4v) is 5.49. The minimum absolute atomic E-state index is 0.00580. The molecule has 4 aromatic heterocycles. The molecule has 0 fully saturated rings. The van der Waals surface area contributed by atoms with Crippen molar-refractivity contribution in [2.45, 2.75) is 40.8 Å². The molecule has 0 spiro atoms. The summed E-state index contributed by atoms with van der Waals surface area (Å²) in [7, 11) is 0. The first kappa shape index (κ1) is 36.9. The van der Waals surface area contributed by atoms with Crippen molar-refractivity contribution >= 4 is 45.9 Å². The van der Waals surface area contributed by atoms with Gasteiger partial charge in [0.1, 0.15) is 28.6 Å². The molecule has 12 nitrogen and oxygen atoms in total. The SMILES string of the molecule is CCn1nc(-c2ccncc2)c(C(C)=O)c(Nc2ccccc2Cl)c1=O.CCn1nc(-c2ccncc2)c(C(C)=O)c(Nc2ccccc2F)c1=O. The number of nitrogens with zero attached hydrogens (tertiary/aromatic N) is 6. The summed E-state index contributed by atoms with van der Waals surface area (Å²) >= 11 is 6.21. The maximum absolute atomic E-state index is 14.1. The van der Waals surface area contributed by atoms with Crippen molar-refractivity contribution in [3.05, 3.63) is 140 Å². The van der Waals surface area contributed by atoms with Crippen LogP contribution in [0, 0.1) is 5.82 Å². The summed E-state index contributed by atoms with van der Waals surface area (Å²) in [4.78, 5) is 58.3. The molecule has 6 rings (SSSR count). The predicted octanol–water partition coefficient (Wildman–Crippen LogP) is 7.34. The molecular weight excluding hydrogens is 687 g/mol. The highest BCUT2D eigenvalue weighted by molar-refractivity contribution is 6.33. The van der Waals surface area contributed by atoms with E-state index in [1.807, 2.05) is 6.92 Å². The molecule has 0 aliphatic carbocycles. The normalized spacial score (nSPS) is 10.6. The molecule has 6 aromatic rings. The zero-order valence-electron chi connectivity index (χ0n) is 28.7. The van der Waals surface area contributed by atoms with Crippen LogP contribution in [0.1, 0.15) is 48.4 Å². The third kappa shape index (κ3) is 8.00. The molecular formula is C38H34ClFN8O4. The number of Topliss-reactive ketones (excluding diaryl/α,β-unsaturated/α-hetero) is 2. The Morgan fingerprint density at radius 1 is 0.654 bits per heavy atom. The van der Waals surface area contributed by atoms with Crippen molar-refractivity contribution in [2.24, 2.45) is 0 Å². The van der Waals surface area contributed by atoms with Gasteiger partial charge in [0, 0.05) is 49.0 Å². The molecule has 0 atom stereocenters. The van der Waals surface area contributed by atoms with Gasteiger partial charge in [-0.05, 0) is 76.2 Å². The van der Waals surface area contributed by atoms with Gasteiger partial charge >= 0.3 is 0 Å². The zero-order chi connectivity index (χ0) is 37.4. The van der Waals surface area contributed by atoms with Crippen LogP contribution in [0.25, 0.3) is 22.5 Å². The third-order valence-electron chi connectivity index (χ3n) is 7.79. The highest BCUT2D eigenvalue weighted by atomic mass is 35.5. The van der Waals surface area contributed by atoms with Gasteiger partial charge < -0.3 is 10.6 Å². The maximum Gasteiger partial charge on any atom is 0.291 e. The van der Waals surface area contributed by atoms with Crippen LogP contribution in [0.5, 0.6) is 0 Å². The van der Waals surface area contributed by atoms with Crippen molar-refractivity contribution in [1.29, 1.82) is 0 Å². The molecule has 0 radical (unpaired) electrons. The molecule has 2 aromatic carbocycles. The van der Waals surface area contributed by atoms with Crippen LogP contribution in [0.2, 0.25) is 5.02 Å². The van der Waals surface area contributed by atoms with Gasteiger partial charge in [-0.2, -0.15) is 10.2 Å². The summed E-state index contributed by atoms with van der Waals surface area (Å²) in [6, 6.07) is 19.9. The fraction of sp³-hybridized carbons (Fsp3) is 0.158. The molecule has 0 amide bonds. The number of anilines is 4. The Hall–Kier alpha value is -6.34. The number of ketones is 2. The first-order valence-electron chi connectivity index (χ1n) is 16.2. The Labute approximate surface area is 303 Å². The van der Waals surface area contributed by atoms with Crippen molar-refractivity contribution in [3.8, 4) is 22.5 Å². The van der Waals surface area contributed by atoms with Crippen LogP contribution in [0.3, 0.4) is 0 Å². The summed E-state index contributed by atoms with van der Waals surface area (Å²) in [5.41, 5.74) is 2.43. The molecule has 4 heterocycles. The van der Waals surface area contributed by atoms with E-state index in [1.165, 1.54) is 35.3 Å². The minimum Gasteiger partial charge on any atom is -0.349 e. The fourth-order valence-electron chi connectivity index (χ4n) is 5.31. The Morgan fingerprint density at radius 3 is 1.46 bits per heavy atom. The lowest BCUT2D eigenvalue weighted by Crippen LogP contribution is -2.28. The first-order chi connectivity index (χ1) is 25.0. The van der Waals surface area contributed by atoms with Crippen LogP contribution >= 0.6 is 11.6 Å². The second-order valence-corrected chi connectivity index (χ2v) is 11.6. The molecule has 0 unspecified atom stereocenters. The molecule has 0 bridgehead atoms. The lowest BCUT2D eigenvalue weighted by molar-refractivity contribution is 0.101. The van der Waals surface area contributed by atoms with Gasteiger partial charge in [0.2, 0.25) is 0 Å². The number of halogens is 2. The molecule has 0 saturated carbocycles. The summed E-state index contributed by atoms with van der Waals surface area (Å²) in [5, 5.41) is 15.0. The van der Waals surface area contributed by atoms with E-state index in [9.17, 15) is 23.6 Å². The van der Waals surface area contributed by atoms with E-state index < -0.39 is 11.4 Å². The van der Waals surface area contributed by atoms with Gasteiger partial charge in [-0.3, -0.25) is 29.1 Å². The smallest absolute Gasteiger partial charge is 0.291 e. The lowest BCUT2D eigenvalue weighted by atomic mass is 10.0. The molecule has 0 aliphatic heterocycles. The Bertz CT molecular complexity index is 2200. The van der Waals surface area contributed by atoms with E-state index in [2.05, 4.69) is 30.8 Å². The minimum atomic E-state index is -0.522. The monoisotopic (exact) mass is 720 g/mol. The average Bonchev–Trinajstić information content (AvgIpc) is 3.15. The number of nitrogens with one attached hydrogen (secondary N) is 2. The molecule has 0 aliphatic rings. The summed E-state index contributed by atoms with van der Waals surface area (Å²) in [5.74, 6) is -1.13. The Balaban J connectivity index is 0.000000201. The van der Waals surface area contributed by atoms with Gasteiger partial charge in [0.15, 0.2) is 11.6 Å². The number of para-hydroxylation sites is 2. The Kier molecular flexibility index (Phi) is 11.8. The number of aryl methyl sites for hydroxylation is 2. The number of benzene rings is 2. The van der Waals surface area contributed by atoms with Crippen molar-refractivity contribution in [3.63, 3.8) is 0 Å². The summed E-state index contributed by atoms with van der Waals surface area (Å²) in [6.07, 6.45) is 6.38. The molecule has 14 heteroatoms. The second-order valence-electron chi connectivity index (χ2n) is 11.2. The van der Waals surface area contributed by atoms with E-state index in [0.717, 1.165) is 0 Å². The highest BCUT2D eigenvalue weighted by Gasteiger charge is 2.24. The van der Waals surface area contributed by atoms with Crippen molar-refractivity contribution < 1.29 is 14.0 Å². The number of aromatic nitrogens is 6. The number of carbonyl (C=O) groups is 2. The zero-order valence-corrected chi connectivity index (χ0v) is 29.5. The predicted molar refractivity (Wildman–Crippen MR) is 199 cm³/mol. The van der Waals surface area contributed by atoms with E-state index >= 15 is 0 Å². The van der Waals surface area contributed by atoms with Gasteiger partial charge in [0.25, 0.3) is 11.1 Å². The largest absolute Gasteiger partial charge is 0.349 e. The molecule has 0 saturated heterocycles. The Morgan fingerprint density at radius 2 is 1.06 bits per heavy atom. The molecule has 264 valence electrons. The highest BCUT2D eigenvalue weighted by Crippen LogP contribution is 2.30. The van der Waals surface area contributed by atoms with E-state index in [-0.39, 0.29) is 45.3 Å². The van der Waals surface area contributed by atoms with Gasteiger partial charge in [-0.15, -0.1) is 0 Å². The van der Waals surface area contributed by atoms with E-state index in [4.69, 9.17) is 11.6 Å². The number of rotatable bonds is 10. The first-order valence-corrected chi connectivity index (χ1v) is 16.6. The molecule has 52 heavy (non-hydrogen) atoms. The van der Waals surface area contributed by atoms with Crippen LogP contribution in [-0.2, 0) is 13.1 Å². The summed E-state index contributed by atoms with van der Waals surface area (Å²) in [6.45, 7) is 7.02. The van der Waals surface area contributed by atoms with Gasteiger partial charge in [-0.25, -0.2) is 13.8 Å². The number of hydrogen-bond acceptors (Lipinski definition) is 10. The maximum atomic E-state index is 14.1. The van der Waals surface area contributed by atoms with Gasteiger partial charge in [-0.1, -0.05) is 35.9 Å². The number of hydrogen-bond donors (Lipinski definition) is 2. The van der Waals surface area contributed by atoms with Crippen LogP contribution in [-0.4, -0.2) is 41.1 Å². The molecule has 2 N–H and O–H groups in total. The average molecular weight is 721 g/mol. The third-order valence-corrected chi connectivity index (χ3v) is 8.12. The van der Waals surface area contributed by atoms with Crippen LogP contribution in [0.4, 0.5) is 27.1 Å². The van der Waals surface area contributed by atoms with E-state index in [0.29, 0.717) is 46.3 Å². The van der Waals surface area contributed by atoms with Crippen LogP contribution < -0.4 is 21.8 Å². The topological polar surface area (TPSA) is 154 Å². The van der Waals surface area contributed by atoms with Gasteiger partial charge in [0.05, 0.1) is 27.5 Å². The number of pyridine rings is 2. The second kappa shape index (κ2) is 16.6. The lowest BCUT2D eigenvalue weighted by Gasteiger charge is -2.16. The van der Waals surface area contributed by atoms with E-state index in [1.54, 1.807) is 92.4 Å². The number of carbonyl (C=O) groups excluding carboxylic acids is 2. The van der Waals surface area contributed by atoms with Crippen LogP contribution in [0.15, 0.2) is 107 Å².